The molecule has 0 saturated carbocycles. The number of carbonyl (C=O) groups is 1. The minimum atomic E-state index is -5.08. The van der Waals surface area contributed by atoms with Gasteiger partial charge in [0, 0.05) is 11.8 Å². The van der Waals surface area contributed by atoms with Crippen LogP contribution < -0.4 is 20.5 Å². The predicted molar refractivity (Wildman–Crippen MR) is 129 cm³/mol. The molecule has 38 heavy (non-hydrogen) atoms. The summed E-state index contributed by atoms with van der Waals surface area (Å²) in [7, 11) is -5.08. The molecule has 0 bridgehead atoms. The first-order valence-electron chi connectivity index (χ1n) is 10.6. The minimum absolute atomic E-state index is 0.0398. The van der Waals surface area contributed by atoms with E-state index in [0.717, 1.165) is 18.2 Å². The number of halogens is 4. The van der Waals surface area contributed by atoms with Gasteiger partial charge in [-0.25, -0.2) is 22.2 Å². The lowest BCUT2D eigenvalue weighted by molar-refractivity contribution is 0.100. The van der Waals surface area contributed by atoms with Crippen molar-refractivity contribution in [2.24, 2.45) is 5.73 Å². The molecule has 1 amide bonds. The van der Waals surface area contributed by atoms with Gasteiger partial charge < -0.3 is 15.8 Å². The van der Waals surface area contributed by atoms with Crippen LogP contribution >= 0.6 is 0 Å². The molecule has 198 valence electrons. The first kappa shape index (κ1) is 26.4. The van der Waals surface area contributed by atoms with Crippen LogP contribution in [0.4, 0.5) is 34.9 Å². The van der Waals surface area contributed by atoms with Crippen molar-refractivity contribution in [3.05, 3.63) is 83.6 Å². The Bertz CT molecular complexity index is 1580. The third kappa shape index (κ3) is 5.83. The van der Waals surface area contributed by atoms with Crippen LogP contribution in [0.25, 0.3) is 11.3 Å². The number of hydrogen-bond acceptors (Lipinski definition) is 7. The Labute approximate surface area is 212 Å². The fraction of sp³-hybridized carbons (Fsp3) is 0.0870. The number of alkyl halides is 2. The van der Waals surface area contributed by atoms with E-state index in [1.807, 2.05) is 0 Å². The van der Waals surface area contributed by atoms with Gasteiger partial charge in [0.15, 0.2) is 17.5 Å². The second kappa shape index (κ2) is 10.8. The first-order chi connectivity index (χ1) is 18.0. The minimum Gasteiger partial charge on any atom is -0.487 e. The lowest BCUT2D eigenvalue weighted by Gasteiger charge is -2.15. The Morgan fingerprint density at radius 2 is 1.87 bits per heavy atom. The fourth-order valence-corrected chi connectivity index (χ4v) is 3.87. The molecule has 0 radical (unpaired) electrons. The maximum Gasteiger partial charge on any atom is 0.355 e. The first-order valence-corrected chi connectivity index (χ1v) is 12.2. The summed E-state index contributed by atoms with van der Waals surface area (Å²) in [6.07, 6.45) is 1.51. The van der Waals surface area contributed by atoms with Gasteiger partial charge in [0.05, 0.1) is 11.4 Å². The molecular formula is C23H18F4N6O4S. The number of H-pyrrole nitrogens is 1. The molecule has 0 aliphatic carbocycles. The van der Waals surface area contributed by atoms with Crippen molar-refractivity contribution in [2.45, 2.75) is 12.4 Å². The van der Waals surface area contributed by atoms with E-state index >= 15 is 0 Å². The van der Waals surface area contributed by atoms with Crippen molar-refractivity contribution in [3.63, 3.8) is 0 Å². The maximum absolute atomic E-state index is 13.6. The Kier molecular flexibility index (Phi) is 7.47. The van der Waals surface area contributed by atoms with Gasteiger partial charge in [0.25, 0.3) is 15.9 Å². The fourth-order valence-electron chi connectivity index (χ4n) is 3.31. The second-order valence-electron chi connectivity index (χ2n) is 7.68. The van der Waals surface area contributed by atoms with Crippen LogP contribution in [0.5, 0.6) is 5.75 Å². The molecule has 0 saturated heterocycles. The van der Waals surface area contributed by atoms with Crippen LogP contribution in [-0.4, -0.2) is 35.3 Å². The molecule has 4 aromatic rings. The lowest BCUT2D eigenvalue weighted by atomic mass is 10.1. The molecule has 0 aliphatic heterocycles. The van der Waals surface area contributed by atoms with Crippen LogP contribution in [-0.2, 0) is 16.6 Å². The number of hydrogen-bond donors (Lipinski definition) is 4. The van der Waals surface area contributed by atoms with E-state index in [-0.39, 0.29) is 46.2 Å². The van der Waals surface area contributed by atoms with E-state index in [1.165, 1.54) is 24.4 Å². The standard InChI is InChI=1S/C23H18F4N6O4S/c24-14-6-4-12(9-15(14)25)11-37-17-10-13(5-7-16(17)33-38(35,36)23(26)27)20-19(21(28)34)22(32-31-20)30-18-3-1-2-8-29-18/h1-10,23,33H,11H2,(H2,28,34)(H2,29,30,31,32). The summed E-state index contributed by atoms with van der Waals surface area (Å²) in [5.41, 5.74) is 5.58. The van der Waals surface area contributed by atoms with Crippen LogP contribution in [0.1, 0.15) is 15.9 Å². The molecule has 2 aromatic heterocycles. The van der Waals surface area contributed by atoms with Crippen molar-refractivity contribution in [1.29, 1.82) is 0 Å². The zero-order valence-electron chi connectivity index (χ0n) is 19.1. The van der Waals surface area contributed by atoms with E-state index in [1.54, 1.807) is 22.9 Å². The van der Waals surface area contributed by atoms with E-state index in [4.69, 9.17) is 10.5 Å². The van der Waals surface area contributed by atoms with E-state index in [9.17, 15) is 30.8 Å². The number of amides is 1. The summed E-state index contributed by atoms with van der Waals surface area (Å²) >= 11 is 0. The SMILES string of the molecule is NC(=O)c1c(Nc2ccccn2)n[nH]c1-c1ccc(NS(=O)(=O)C(F)F)c(OCc2ccc(F)c(F)c2)c1. The van der Waals surface area contributed by atoms with Gasteiger partial charge in [-0.3, -0.25) is 14.6 Å². The van der Waals surface area contributed by atoms with Crippen molar-refractivity contribution in [2.75, 3.05) is 10.0 Å². The molecule has 0 aliphatic rings. The van der Waals surface area contributed by atoms with Crippen LogP contribution in [0.15, 0.2) is 60.8 Å². The molecule has 5 N–H and O–H groups in total. The van der Waals surface area contributed by atoms with Crippen molar-refractivity contribution in [1.82, 2.24) is 15.2 Å². The van der Waals surface area contributed by atoms with Crippen LogP contribution in [0.3, 0.4) is 0 Å². The average Bonchev–Trinajstić information content (AvgIpc) is 3.29. The average molecular weight is 550 g/mol. The number of rotatable bonds is 10. The molecule has 0 unspecified atom stereocenters. The molecule has 10 nitrogen and oxygen atoms in total. The smallest absolute Gasteiger partial charge is 0.355 e. The Morgan fingerprint density at radius 1 is 1.08 bits per heavy atom. The molecule has 15 heteroatoms. The zero-order chi connectivity index (χ0) is 27.4. The summed E-state index contributed by atoms with van der Waals surface area (Å²) in [6.45, 7) is -0.387. The summed E-state index contributed by atoms with van der Waals surface area (Å²) in [5, 5.41) is 9.54. The monoisotopic (exact) mass is 550 g/mol. The summed E-state index contributed by atoms with van der Waals surface area (Å²) in [6, 6.07) is 11.6. The van der Waals surface area contributed by atoms with Gasteiger partial charge in [-0.15, -0.1) is 0 Å². The molecule has 2 heterocycles. The van der Waals surface area contributed by atoms with Crippen LogP contribution in [0.2, 0.25) is 0 Å². The lowest BCUT2D eigenvalue weighted by Crippen LogP contribution is -2.21. The number of carbonyl (C=O) groups excluding carboxylic acids is 1. The number of benzene rings is 2. The number of aromatic nitrogens is 3. The van der Waals surface area contributed by atoms with Gasteiger partial charge >= 0.3 is 5.76 Å². The number of nitrogens with two attached hydrogens (primary N) is 1. The number of primary amides is 1. The highest BCUT2D eigenvalue weighted by atomic mass is 32.2. The number of aromatic amines is 1. The van der Waals surface area contributed by atoms with E-state index in [2.05, 4.69) is 20.5 Å². The number of pyridine rings is 1. The maximum atomic E-state index is 13.6. The van der Waals surface area contributed by atoms with Gasteiger partial charge in [-0.2, -0.15) is 13.9 Å². The second-order valence-corrected chi connectivity index (χ2v) is 9.33. The molecule has 0 atom stereocenters. The summed E-state index contributed by atoms with van der Waals surface area (Å²) in [5.74, 6) is -6.71. The molecule has 0 fully saturated rings. The highest BCUT2D eigenvalue weighted by molar-refractivity contribution is 7.93. The van der Waals surface area contributed by atoms with E-state index < -0.39 is 33.3 Å². The van der Waals surface area contributed by atoms with Crippen molar-refractivity contribution < 1.29 is 35.5 Å². The zero-order valence-corrected chi connectivity index (χ0v) is 19.9. The van der Waals surface area contributed by atoms with Crippen molar-refractivity contribution >= 4 is 33.3 Å². The Morgan fingerprint density at radius 3 is 2.53 bits per heavy atom. The Balaban J connectivity index is 1.73. The largest absolute Gasteiger partial charge is 0.487 e. The van der Waals surface area contributed by atoms with Crippen LogP contribution in [0, 0.1) is 11.6 Å². The number of ether oxygens (including phenoxy) is 1. The molecule has 4 rings (SSSR count). The highest BCUT2D eigenvalue weighted by Crippen LogP contribution is 2.35. The Hall–Kier alpha value is -4.66. The van der Waals surface area contributed by atoms with Gasteiger partial charge in [0.1, 0.15) is 23.7 Å². The third-order valence-electron chi connectivity index (χ3n) is 5.06. The van der Waals surface area contributed by atoms with Crippen molar-refractivity contribution in [3.8, 4) is 17.0 Å². The number of nitrogens with one attached hydrogen (secondary N) is 3. The topological polar surface area (TPSA) is 152 Å². The predicted octanol–water partition coefficient (Wildman–Crippen LogP) is 4.14. The number of anilines is 3. The number of sulfonamides is 1. The molecular weight excluding hydrogens is 532 g/mol. The molecule has 2 aromatic carbocycles. The van der Waals surface area contributed by atoms with Gasteiger partial charge in [-0.1, -0.05) is 18.2 Å². The van der Waals surface area contributed by atoms with Gasteiger partial charge in [-0.05, 0) is 42.0 Å². The summed E-state index contributed by atoms with van der Waals surface area (Å²) in [4.78, 5) is 16.4. The quantitative estimate of drug-likeness (QED) is 0.217. The van der Waals surface area contributed by atoms with E-state index in [0.29, 0.717) is 5.82 Å². The summed E-state index contributed by atoms with van der Waals surface area (Å²) < 4.78 is 83.7. The molecule has 0 spiro atoms. The van der Waals surface area contributed by atoms with Gasteiger partial charge in [0.2, 0.25) is 0 Å². The highest BCUT2D eigenvalue weighted by Gasteiger charge is 2.26. The normalized spacial score (nSPS) is 11.4. The number of nitrogens with zero attached hydrogens (tertiary/aromatic N) is 2. The third-order valence-corrected chi connectivity index (χ3v) is 6.03.